The Kier molecular flexibility index (Phi) is 7.16. The number of quaternary nitrogens is 1. The van der Waals surface area contributed by atoms with Gasteiger partial charge in [0.05, 0.1) is 6.61 Å². The highest BCUT2D eigenvalue weighted by molar-refractivity contribution is 7.15. The molecule has 0 radical (unpaired) electrons. The summed E-state index contributed by atoms with van der Waals surface area (Å²) in [6, 6.07) is 19.8. The van der Waals surface area contributed by atoms with Gasteiger partial charge in [0.25, 0.3) is 5.91 Å². The van der Waals surface area contributed by atoms with Crippen molar-refractivity contribution in [2.75, 3.05) is 18.5 Å². The number of hydrogen-bond acceptors (Lipinski definition) is 4. The number of amides is 1. The van der Waals surface area contributed by atoms with Crippen LogP contribution in [0.2, 0.25) is 0 Å². The lowest BCUT2D eigenvalue weighted by Gasteiger charge is -2.11. The van der Waals surface area contributed by atoms with E-state index in [0.29, 0.717) is 10.6 Å². The van der Waals surface area contributed by atoms with E-state index in [1.54, 1.807) is 6.92 Å². The number of rotatable bonds is 8. The molecule has 6 heteroatoms. The number of esters is 1. The number of nitrogens with two attached hydrogens (primary N) is 1. The lowest BCUT2D eigenvalue weighted by atomic mass is 10.0. The number of benzene rings is 2. The summed E-state index contributed by atoms with van der Waals surface area (Å²) in [6.07, 6.45) is 0. The summed E-state index contributed by atoms with van der Waals surface area (Å²) in [5.41, 5.74) is 3.25. The summed E-state index contributed by atoms with van der Waals surface area (Å²) in [6.45, 7) is 4.37. The minimum atomic E-state index is -0.426. The molecule has 29 heavy (non-hydrogen) atoms. The largest absolute Gasteiger partial charge is 0.462 e. The second kappa shape index (κ2) is 10.0. The summed E-state index contributed by atoms with van der Waals surface area (Å²) < 4.78 is 5.24. The Morgan fingerprint density at radius 2 is 1.72 bits per heavy atom. The summed E-state index contributed by atoms with van der Waals surface area (Å²) >= 11 is 1.34. The first kappa shape index (κ1) is 20.8. The number of ether oxygens (including phenoxy) is 1. The van der Waals surface area contributed by atoms with Crippen LogP contribution in [0.1, 0.15) is 35.8 Å². The summed E-state index contributed by atoms with van der Waals surface area (Å²) in [4.78, 5) is 25.1. The lowest BCUT2D eigenvalue weighted by molar-refractivity contribution is -0.682. The van der Waals surface area contributed by atoms with Gasteiger partial charge in [0.15, 0.2) is 6.54 Å². The van der Waals surface area contributed by atoms with Crippen LogP contribution in [0.3, 0.4) is 0 Å². The highest BCUT2D eigenvalue weighted by Crippen LogP contribution is 2.36. The molecule has 3 N–H and O–H groups in total. The van der Waals surface area contributed by atoms with E-state index in [2.05, 4.69) is 12.2 Å². The Bertz CT molecular complexity index is 955. The van der Waals surface area contributed by atoms with E-state index in [9.17, 15) is 9.59 Å². The Labute approximate surface area is 174 Å². The number of carbonyl (C=O) groups excluding carboxylic acids is 2. The van der Waals surface area contributed by atoms with Gasteiger partial charge in [-0.15, -0.1) is 11.3 Å². The van der Waals surface area contributed by atoms with Crippen LogP contribution in [0.4, 0.5) is 5.00 Å². The van der Waals surface area contributed by atoms with Crippen molar-refractivity contribution in [3.8, 4) is 11.1 Å². The second-order valence-electron chi connectivity index (χ2n) is 6.63. The van der Waals surface area contributed by atoms with Gasteiger partial charge in [-0.1, -0.05) is 60.7 Å². The van der Waals surface area contributed by atoms with Gasteiger partial charge in [-0.3, -0.25) is 4.79 Å². The van der Waals surface area contributed by atoms with E-state index >= 15 is 0 Å². The molecule has 5 nitrogen and oxygen atoms in total. The fourth-order valence-electron chi connectivity index (χ4n) is 3.04. The molecule has 2 aromatic carbocycles. The third-order valence-electron chi connectivity index (χ3n) is 4.59. The summed E-state index contributed by atoms with van der Waals surface area (Å²) in [7, 11) is 0. The molecular weight excluding hydrogens is 384 g/mol. The number of carbonyl (C=O) groups is 2. The molecule has 0 bridgehead atoms. The van der Waals surface area contributed by atoms with Crippen molar-refractivity contribution in [3.63, 3.8) is 0 Å². The average molecular weight is 410 g/mol. The molecule has 0 aliphatic rings. The predicted molar refractivity (Wildman–Crippen MR) is 116 cm³/mol. The van der Waals surface area contributed by atoms with Crippen LogP contribution in [0.5, 0.6) is 0 Å². The van der Waals surface area contributed by atoms with E-state index in [0.717, 1.165) is 16.7 Å². The number of hydrogen-bond donors (Lipinski definition) is 2. The molecular formula is C23H25N2O3S+. The van der Waals surface area contributed by atoms with E-state index < -0.39 is 5.97 Å². The zero-order valence-electron chi connectivity index (χ0n) is 16.6. The van der Waals surface area contributed by atoms with Crippen LogP contribution in [0.15, 0.2) is 66.0 Å². The zero-order valence-corrected chi connectivity index (χ0v) is 17.4. The van der Waals surface area contributed by atoms with Crippen molar-refractivity contribution in [2.45, 2.75) is 19.9 Å². The van der Waals surface area contributed by atoms with Crippen LogP contribution >= 0.6 is 11.3 Å². The van der Waals surface area contributed by atoms with Crippen molar-refractivity contribution < 1.29 is 19.6 Å². The van der Waals surface area contributed by atoms with Crippen LogP contribution in [-0.2, 0) is 9.53 Å². The third kappa shape index (κ3) is 5.31. The van der Waals surface area contributed by atoms with Gasteiger partial charge in [0.1, 0.15) is 16.6 Å². The Morgan fingerprint density at radius 3 is 2.38 bits per heavy atom. The molecule has 0 fully saturated rings. The lowest BCUT2D eigenvalue weighted by Crippen LogP contribution is -2.86. The van der Waals surface area contributed by atoms with Gasteiger partial charge in [-0.05, 0) is 19.4 Å². The van der Waals surface area contributed by atoms with E-state index in [1.807, 2.05) is 71.4 Å². The molecule has 0 aliphatic heterocycles. The molecule has 150 valence electrons. The molecule has 1 atom stereocenters. The van der Waals surface area contributed by atoms with Crippen molar-refractivity contribution in [3.05, 3.63) is 77.2 Å². The van der Waals surface area contributed by atoms with Gasteiger partial charge in [0, 0.05) is 16.5 Å². The van der Waals surface area contributed by atoms with Crippen molar-refractivity contribution in [2.24, 2.45) is 0 Å². The van der Waals surface area contributed by atoms with Crippen molar-refractivity contribution >= 4 is 28.2 Å². The zero-order chi connectivity index (χ0) is 20.6. The summed E-state index contributed by atoms with van der Waals surface area (Å²) in [5.74, 6) is -0.579. The van der Waals surface area contributed by atoms with Crippen molar-refractivity contribution in [1.82, 2.24) is 0 Å². The van der Waals surface area contributed by atoms with Gasteiger partial charge >= 0.3 is 5.97 Å². The first-order valence-electron chi connectivity index (χ1n) is 9.62. The minimum absolute atomic E-state index is 0.153. The molecule has 0 saturated heterocycles. The molecule has 3 aromatic rings. The highest BCUT2D eigenvalue weighted by atomic mass is 32.1. The minimum Gasteiger partial charge on any atom is -0.462 e. The fraction of sp³-hybridized carbons (Fsp3) is 0.217. The monoisotopic (exact) mass is 409 g/mol. The van der Waals surface area contributed by atoms with Crippen LogP contribution in [0, 0.1) is 0 Å². The maximum absolute atomic E-state index is 12.6. The van der Waals surface area contributed by atoms with Crippen LogP contribution < -0.4 is 10.6 Å². The van der Waals surface area contributed by atoms with E-state index in [-0.39, 0.29) is 25.1 Å². The molecule has 0 unspecified atom stereocenters. The molecule has 0 spiro atoms. The Balaban J connectivity index is 1.73. The van der Waals surface area contributed by atoms with Gasteiger partial charge < -0.3 is 15.4 Å². The molecule has 0 aliphatic carbocycles. The second-order valence-corrected chi connectivity index (χ2v) is 7.51. The van der Waals surface area contributed by atoms with E-state index in [4.69, 9.17) is 4.74 Å². The first-order chi connectivity index (χ1) is 14.1. The number of thiophene rings is 1. The highest BCUT2D eigenvalue weighted by Gasteiger charge is 2.23. The predicted octanol–water partition coefficient (Wildman–Crippen LogP) is 3.85. The molecule has 1 heterocycles. The quantitative estimate of drug-likeness (QED) is 0.555. The molecule has 1 aromatic heterocycles. The maximum Gasteiger partial charge on any atom is 0.341 e. The SMILES string of the molecule is CCOC(=O)c1c(-c2ccccc2)csc1NC(=O)C[NH2+][C@@H](C)c1ccccc1. The fourth-order valence-corrected chi connectivity index (χ4v) is 4.01. The van der Waals surface area contributed by atoms with Gasteiger partial charge in [0.2, 0.25) is 0 Å². The normalized spacial score (nSPS) is 11.7. The van der Waals surface area contributed by atoms with Crippen LogP contribution in [0.25, 0.3) is 11.1 Å². The molecule has 0 saturated carbocycles. The number of nitrogens with one attached hydrogen (secondary N) is 1. The van der Waals surface area contributed by atoms with Gasteiger partial charge in [-0.25, -0.2) is 4.79 Å². The van der Waals surface area contributed by atoms with E-state index in [1.165, 1.54) is 11.3 Å². The summed E-state index contributed by atoms with van der Waals surface area (Å²) in [5, 5.41) is 7.27. The first-order valence-corrected chi connectivity index (χ1v) is 10.5. The van der Waals surface area contributed by atoms with Crippen molar-refractivity contribution in [1.29, 1.82) is 0 Å². The van der Waals surface area contributed by atoms with Crippen LogP contribution in [-0.4, -0.2) is 25.0 Å². The topological polar surface area (TPSA) is 72.0 Å². The van der Waals surface area contributed by atoms with Gasteiger partial charge in [-0.2, -0.15) is 0 Å². The smallest absolute Gasteiger partial charge is 0.341 e. The Morgan fingerprint density at radius 1 is 1.07 bits per heavy atom. The Hall–Kier alpha value is -2.96. The molecule has 1 amide bonds. The molecule has 3 rings (SSSR count). The number of anilines is 1. The third-order valence-corrected chi connectivity index (χ3v) is 5.49. The average Bonchev–Trinajstić information content (AvgIpc) is 3.17. The standard InChI is InChI=1S/C23H24N2O3S/c1-3-28-23(27)21-19(18-12-8-5-9-13-18)15-29-22(21)25-20(26)14-24-16(2)17-10-6-4-7-11-17/h4-13,15-16,24H,3,14H2,1-2H3,(H,25,26)/p+1/t16-/m0/s1. The maximum atomic E-state index is 12.6.